The predicted molar refractivity (Wildman–Crippen MR) is 98.0 cm³/mol. The van der Waals surface area contributed by atoms with Gasteiger partial charge in [-0.2, -0.15) is 0 Å². The Morgan fingerprint density at radius 3 is 2.48 bits per heavy atom. The van der Waals surface area contributed by atoms with E-state index in [1.807, 2.05) is 50.2 Å². The van der Waals surface area contributed by atoms with Gasteiger partial charge in [0.15, 0.2) is 0 Å². The highest BCUT2D eigenvalue weighted by atomic mass is 16.5. The minimum absolute atomic E-state index is 0.157. The topological polar surface area (TPSA) is 75.6 Å². The summed E-state index contributed by atoms with van der Waals surface area (Å²) in [5.41, 5.74) is 0.900. The van der Waals surface area contributed by atoms with Gasteiger partial charge in [0.1, 0.15) is 5.75 Å². The van der Waals surface area contributed by atoms with Crippen LogP contribution < -0.4 is 10.1 Å². The van der Waals surface area contributed by atoms with Crippen molar-refractivity contribution in [1.82, 2.24) is 5.32 Å². The van der Waals surface area contributed by atoms with Gasteiger partial charge >= 0.3 is 5.97 Å². The molecule has 2 aromatic carbocycles. The summed E-state index contributed by atoms with van der Waals surface area (Å²) in [4.78, 5) is 23.6. The van der Waals surface area contributed by atoms with Gasteiger partial charge in [0.25, 0.3) is 0 Å². The summed E-state index contributed by atoms with van der Waals surface area (Å²) in [5, 5.41) is 14.0. The number of hydrogen-bond donors (Lipinski definition) is 2. The number of rotatable bonds is 8. The fourth-order valence-corrected chi connectivity index (χ4v) is 2.83. The summed E-state index contributed by atoms with van der Waals surface area (Å²) in [7, 11) is 1.63. The molecule has 0 aromatic heterocycles. The predicted octanol–water partition coefficient (Wildman–Crippen LogP) is 3.57. The van der Waals surface area contributed by atoms with Crippen LogP contribution in [0.5, 0.6) is 5.75 Å². The number of carboxylic acids is 1. The van der Waals surface area contributed by atoms with E-state index >= 15 is 0 Å². The second-order valence-electron chi connectivity index (χ2n) is 6.26. The van der Waals surface area contributed by atoms with Crippen molar-refractivity contribution in [3.63, 3.8) is 0 Å². The fourth-order valence-electron chi connectivity index (χ4n) is 2.83. The Morgan fingerprint density at radius 1 is 1.16 bits per heavy atom. The van der Waals surface area contributed by atoms with Crippen LogP contribution in [0, 0.1) is 5.92 Å². The SMILES string of the molecule is CCCC(CNC(=O)C(C)c1ccc2cc(OC)ccc2c1)C(=O)O. The molecule has 0 aliphatic rings. The number of nitrogens with one attached hydrogen (secondary N) is 1. The Bertz CT molecular complexity index is 756. The molecule has 1 amide bonds. The number of ether oxygens (including phenoxy) is 1. The summed E-state index contributed by atoms with van der Waals surface area (Å²) >= 11 is 0. The lowest BCUT2D eigenvalue weighted by Crippen LogP contribution is -2.35. The van der Waals surface area contributed by atoms with Crippen LogP contribution in [0.25, 0.3) is 10.8 Å². The molecule has 0 radical (unpaired) electrons. The van der Waals surface area contributed by atoms with Gasteiger partial charge in [0.05, 0.1) is 18.9 Å². The molecule has 0 saturated carbocycles. The van der Waals surface area contributed by atoms with Crippen LogP contribution in [0.4, 0.5) is 0 Å². The summed E-state index contributed by atoms with van der Waals surface area (Å²) < 4.78 is 5.22. The van der Waals surface area contributed by atoms with E-state index < -0.39 is 11.9 Å². The highest BCUT2D eigenvalue weighted by Gasteiger charge is 2.20. The van der Waals surface area contributed by atoms with Crippen molar-refractivity contribution in [2.24, 2.45) is 5.92 Å². The molecule has 2 aromatic rings. The summed E-state index contributed by atoms with van der Waals surface area (Å²) in [6, 6.07) is 11.7. The van der Waals surface area contributed by atoms with E-state index in [0.717, 1.165) is 28.5 Å². The molecule has 2 N–H and O–H groups in total. The summed E-state index contributed by atoms with van der Waals surface area (Å²) in [6.07, 6.45) is 1.33. The molecule has 25 heavy (non-hydrogen) atoms. The smallest absolute Gasteiger partial charge is 0.308 e. The number of hydrogen-bond acceptors (Lipinski definition) is 3. The molecule has 2 rings (SSSR count). The average molecular weight is 343 g/mol. The quantitative estimate of drug-likeness (QED) is 0.768. The molecular formula is C20H25NO4. The lowest BCUT2D eigenvalue weighted by Gasteiger charge is -2.16. The van der Waals surface area contributed by atoms with E-state index in [1.165, 1.54) is 0 Å². The lowest BCUT2D eigenvalue weighted by molar-refractivity contribution is -0.142. The van der Waals surface area contributed by atoms with E-state index in [-0.39, 0.29) is 18.4 Å². The van der Waals surface area contributed by atoms with Crippen LogP contribution in [0.1, 0.15) is 38.2 Å². The number of methoxy groups -OCH3 is 1. The maximum absolute atomic E-state index is 12.4. The fraction of sp³-hybridized carbons (Fsp3) is 0.400. The zero-order chi connectivity index (χ0) is 18.4. The van der Waals surface area contributed by atoms with Crippen LogP contribution in [0.3, 0.4) is 0 Å². The van der Waals surface area contributed by atoms with Crippen molar-refractivity contribution in [2.45, 2.75) is 32.6 Å². The minimum Gasteiger partial charge on any atom is -0.497 e. The lowest BCUT2D eigenvalue weighted by atomic mass is 9.96. The molecule has 0 spiro atoms. The molecular weight excluding hydrogens is 318 g/mol. The monoisotopic (exact) mass is 343 g/mol. The molecule has 0 heterocycles. The molecule has 134 valence electrons. The third-order valence-corrected chi connectivity index (χ3v) is 4.47. The highest BCUT2D eigenvalue weighted by molar-refractivity contribution is 5.88. The zero-order valence-corrected chi connectivity index (χ0v) is 14.9. The van der Waals surface area contributed by atoms with Crippen molar-refractivity contribution in [2.75, 3.05) is 13.7 Å². The van der Waals surface area contributed by atoms with E-state index in [4.69, 9.17) is 4.74 Å². The second-order valence-corrected chi connectivity index (χ2v) is 6.26. The molecule has 0 aliphatic carbocycles. The van der Waals surface area contributed by atoms with E-state index in [1.54, 1.807) is 7.11 Å². The van der Waals surface area contributed by atoms with E-state index in [9.17, 15) is 14.7 Å². The number of carbonyl (C=O) groups is 2. The maximum atomic E-state index is 12.4. The molecule has 0 saturated heterocycles. The summed E-state index contributed by atoms with van der Waals surface area (Å²) in [6.45, 7) is 3.93. The van der Waals surface area contributed by atoms with Gasteiger partial charge < -0.3 is 15.2 Å². The number of fused-ring (bicyclic) bond motifs is 1. The van der Waals surface area contributed by atoms with Gasteiger partial charge in [-0.3, -0.25) is 9.59 Å². The molecule has 5 heteroatoms. The number of aliphatic carboxylic acids is 1. The average Bonchev–Trinajstić information content (AvgIpc) is 2.62. The van der Waals surface area contributed by atoms with Crippen LogP contribution in [0.2, 0.25) is 0 Å². The Morgan fingerprint density at radius 2 is 1.84 bits per heavy atom. The maximum Gasteiger partial charge on any atom is 0.308 e. The first-order chi connectivity index (χ1) is 12.0. The molecule has 0 bridgehead atoms. The Labute approximate surface area is 148 Å². The van der Waals surface area contributed by atoms with Crippen LogP contribution in [-0.4, -0.2) is 30.6 Å². The van der Waals surface area contributed by atoms with Gasteiger partial charge in [-0.25, -0.2) is 0 Å². The summed E-state index contributed by atoms with van der Waals surface area (Å²) in [5.74, 6) is -1.11. The Hall–Kier alpha value is -2.56. The van der Waals surface area contributed by atoms with E-state index in [0.29, 0.717) is 6.42 Å². The standard InChI is InChI=1S/C20H25NO4/c1-4-5-17(20(23)24)12-21-19(22)13(2)14-6-7-16-11-18(25-3)9-8-15(16)10-14/h6-11,13,17H,4-5,12H2,1-3H3,(H,21,22)(H,23,24). The van der Waals surface area contributed by atoms with Crippen molar-refractivity contribution in [3.05, 3.63) is 42.0 Å². The van der Waals surface area contributed by atoms with Gasteiger partial charge in [-0.15, -0.1) is 0 Å². The van der Waals surface area contributed by atoms with Crippen LogP contribution in [0.15, 0.2) is 36.4 Å². The third kappa shape index (κ3) is 4.72. The van der Waals surface area contributed by atoms with Crippen molar-refractivity contribution in [3.8, 4) is 5.75 Å². The normalized spacial score (nSPS) is 13.2. The van der Waals surface area contributed by atoms with Crippen molar-refractivity contribution < 1.29 is 19.4 Å². The Kier molecular flexibility index (Phi) is 6.39. The van der Waals surface area contributed by atoms with Crippen molar-refractivity contribution in [1.29, 1.82) is 0 Å². The number of carboxylic acid groups (broad SMARTS) is 1. The molecule has 0 fully saturated rings. The highest BCUT2D eigenvalue weighted by Crippen LogP contribution is 2.25. The van der Waals surface area contributed by atoms with E-state index in [2.05, 4.69) is 5.32 Å². The minimum atomic E-state index is -0.866. The Balaban J connectivity index is 2.08. The van der Waals surface area contributed by atoms with Gasteiger partial charge in [0, 0.05) is 6.54 Å². The largest absolute Gasteiger partial charge is 0.497 e. The molecule has 2 atom stereocenters. The number of carbonyl (C=O) groups excluding carboxylic acids is 1. The van der Waals surface area contributed by atoms with Crippen LogP contribution in [-0.2, 0) is 9.59 Å². The van der Waals surface area contributed by atoms with Gasteiger partial charge in [0.2, 0.25) is 5.91 Å². The van der Waals surface area contributed by atoms with Gasteiger partial charge in [-0.1, -0.05) is 37.6 Å². The first-order valence-electron chi connectivity index (χ1n) is 8.54. The second kappa shape index (κ2) is 8.51. The van der Waals surface area contributed by atoms with Gasteiger partial charge in [-0.05, 0) is 41.8 Å². The molecule has 5 nitrogen and oxygen atoms in total. The number of amides is 1. The molecule has 2 unspecified atom stereocenters. The molecule has 0 aliphatic heterocycles. The number of benzene rings is 2. The van der Waals surface area contributed by atoms with Crippen molar-refractivity contribution >= 4 is 22.6 Å². The first kappa shape index (κ1) is 18.8. The zero-order valence-electron chi connectivity index (χ0n) is 14.9. The third-order valence-electron chi connectivity index (χ3n) is 4.47. The van der Waals surface area contributed by atoms with Crippen LogP contribution >= 0.6 is 0 Å². The first-order valence-corrected chi connectivity index (χ1v) is 8.54.